The highest BCUT2D eigenvalue weighted by Crippen LogP contribution is 2.66. The van der Waals surface area contributed by atoms with Crippen LogP contribution in [0.1, 0.15) is 60.4 Å². The second-order valence-corrected chi connectivity index (χ2v) is 13.5. The number of aryl methyl sites for hydroxylation is 4. The van der Waals surface area contributed by atoms with E-state index in [4.69, 9.17) is 0 Å². The summed E-state index contributed by atoms with van der Waals surface area (Å²) in [5.41, 5.74) is -1.75. The van der Waals surface area contributed by atoms with Gasteiger partial charge in [-0.15, -0.1) is 22.7 Å². The average molecular weight is 637 g/mol. The summed E-state index contributed by atoms with van der Waals surface area (Å²) in [6.07, 6.45) is 11.5. The summed E-state index contributed by atoms with van der Waals surface area (Å²) in [5, 5.41) is 0. The number of hydrogen-bond donors (Lipinski definition) is 0. The largest absolute Gasteiger partial charge is 0.380 e. The van der Waals surface area contributed by atoms with Gasteiger partial charge in [0, 0.05) is 78.9 Å². The summed E-state index contributed by atoms with van der Waals surface area (Å²) < 4.78 is 96.4. The summed E-state index contributed by atoms with van der Waals surface area (Å²) >= 11 is 2.25. The predicted octanol–water partition coefficient (Wildman–Crippen LogP) is 9.77. The number of pyridine rings is 2. The fraction of sp³-hybridized carbons (Fsp3) is 0.394. The van der Waals surface area contributed by atoms with Gasteiger partial charge in [0.15, 0.2) is 24.8 Å². The number of nitrogens with zero attached hydrogens (tertiary/aromatic N) is 2. The van der Waals surface area contributed by atoms with E-state index in [1.807, 2.05) is 58.2 Å². The molecule has 0 saturated heterocycles. The molecule has 4 aromatic heterocycles. The molecule has 0 aliphatic heterocycles. The number of rotatable bonds is 10. The van der Waals surface area contributed by atoms with Gasteiger partial charge in [-0.1, -0.05) is 26.7 Å². The second kappa shape index (κ2) is 11.8. The lowest BCUT2D eigenvalue weighted by atomic mass is 9.94. The number of allylic oxidation sites excluding steroid dienone is 2. The van der Waals surface area contributed by atoms with Gasteiger partial charge >= 0.3 is 17.8 Å². The van der Waals surface area contributed by atoms with Gasteiger partial charge in [-0.25, -0.2) is 9.13 Å². The highest BCUT2D eigenvalue weighted by Gasteiger charge is 2.80. The lowest BCUT2D eigenvalue weighted by Gasteiger charge is -2.25. The number of alkyl halides is 6. The zero-order valence-corrected chi connectivity index (χ0v) is 26.1. The molecule has 0 unspecified atom stereocenters. The zero-order chi connectivity index (χ0) is 31.2. The van der Waals surface area contributed by atoms with Crippen LogP contribution in [0.2, 0.25) is 0 Å². The zero-order valence-electron chi connectivity index (χ0n) is 24.5. The second-order valence-electron chi connectivity index (χ2n) is 11.0. The summed E-state index contributed by atoms with van der Waals surface area (Å²) in [4.78, 5) is 1.62. The van der Waals surface area contributed by atoms with E-state index in [-0.39, 0.29) is 20.9 Å². The Labute approximate surface area is 256 Å². The standard InChI is InChI=1S/C33H34F6N2S2/c1-5-7-13-40-15-9-23(10-16-40)27-19-25(21(3)42-27)29-30(32(36,37)33(38,39)31(29,34)35)26-20-28(43-22(26)4)24-11-17-41(18-12-24)14-8-6-2/h9-12,15-20H,5-8,13-14H2,1-4H3/q+2. The Hall–Kier alpha value is -2.98. The first kappa shape index (κ1) is 31.4. The number of thiophene rings is 2. The quantitative estimate of drug-likeness (QED) is 0.121. The van der Waals surface area contributed by atoms with E-state index >= 15 is 26.3 Å². The van der Waals surface area contributed by atoms with Crippen molar-refractivity contribution in [1.29, 1.82) is 0 Å². The molecule has 0 amide bonds. The van der Waals surface area contributed by atoms with Crippen LogP contribution in [0.4, 0.5) is 26.3 Å². The molecule has 1 aliphatic rings. The molecular weight excluding hydrogens is 602 g/mol. The Kier molecular flexibility index (Phi) is 8.66. The molecule has 4 heterocycles. The fourth-order valence-electron chi connectivity index (χ4n) is 5.40. The first-order valence-corrected chi connectivity index (χ1v) is 16.1. The molecule has 5 rings (SSSR count). The van der Waals surface area contributed by atoms with Crippen LogP contribution in [0.15, 0.2) is 61.2 Å². The van der Waals surface area contributed by atoms with Crippen molar-refractivity contribution in [1.82, 2.24) is 0 Å². The molecular formula is C33H34F6N2S2+2. The van der Waals surface area contributed by atoms with Gasteiger partial charge in [-0.3, -0.25) is 0 Å². The molecule has 0 atom stereocenters. The van der Waals surface area contributed by atoms with Crippen LogP contribution in [0, 0.1) is 13.8 Å². The Morgan fingerprint density at radius 3 is 1.28 bits per heavy atom. The Balaban J connectivity index is 1.62. The van der Waals surface area contributed by atoms with Crippen molar-refractivity contribution in [3.8, 4) is 20.9 Å². The maximum Gasteiger partial charge on any atom is 0.380 e. The Morgan fingerprint density at radius 2 is 0.953 bits per heavy atom. The Morgan fingerprint density at radius 1 is 0.605 bits per heavy atom. The molecule has 10 heteroatoms. The normalized spacial score (nSPS) is 17.2. The van der Waals surface area contributed by atoms with Gasteiger partial charge in [0.05, 0.1) is 0 Å². The number of aromatic nitrogens is 2. The first-order chi connectivity index (χ1) is 20.3. The number of halogens is 6. The molecule has 0 spiro atoms. The van der Waals surface area contributed by atoms with Crippen molar-refractivity contribution >= 4 is 33.8 Å². The number of hydrogen-bond acceptors (Lipinski definition) is 2. The minimum atomic E-state index is -5.59. The summed E-state index contributed by atoms with van der Waals surface area (Å²) in [6.45, 7) is 8.83. The molecule has 0 bridgehead atoms. The monoisotopic (exact) mass is 636 g/mol. The average Bonchev–Trinajstić information content (AvgIpc) is 3.57. The highest BCUT2D eigenvalue weighted by atomic mass is 32.1. The molecule has 1 aliphatic carbocycles. The van der Waals surface area contributed by atoms with E-state index in [2.05, 4.69) is 13.8 Å². The van der Waals surface area contributed by atoms with Gasteiger partial charge in [0.2, 0.25) is 0 Å². The van der Waals surface area contributed by atoms with Crippen LogP contribution in [0.3, 0.4) is 0 Å². The van der Waals surface area contributed by atoms with Crippen LogP contribution in [0.5, 0.6) is 0 Å². The summed E-state index contributed by atoms with van der Waals surface area (Å²) in [7, 11) is 0. The molecule has 4 aromatic rings. The van der Waals surface area contributed by atoms with Crippen LogP contribution in [0.25, 0.3) is 32.0 Å². The summed E-state index contributed by atoms with van der Waals surface area (Å²) in [6, 6.07) is 9.96. The molecule has 0 radical (unpaired) electrons. The van der Waals surface area contributed by atoms with Gasteiger partial charge in [0.1, 0.15) is 13.1 Å². The maximum atomic E-state index is 15.6. The van der Waals surface area contributed by atoms with Crippen molar-refractivity contribution in [2.45, 2.75) is 84.2 Å². The van der Waals surface area contributed by atoms with E-state index in [1.54, 1.807) is 0 Å². The van der Waals surface area contributed by atoms with Crippen LogP contribution in [-0.2, 0) is 13.1 Å². The molecule has 43 heavy (non-hydrogen) atoms. The van der Waals surface area contributed by atoms with E-state index in [0.29, 0.717) is 20.9 Å². The maximum absolute atomic E-state index is 15.6. The van der Waals surface area contributed by atoms with Crippen LogP contribution < -0.4 is 9.13 Å². The van der Waals surface area contributed by atoms with Crippen molar-refractivity contribution in [2.24, 2.45) is 0 Å². The van der Waals surface area contributed by atoms with E-state index in [1.165, 1.54) is 26.0 Å². The third kappa shape index (κ3) is 5.45. The predicted molar refractivity (Wildman–Crippen MR) is 161 cm³/mol. The fourth-order valence-corrected chi connectivity index (χ4v) is 7.46. The van der Waals surface area contributed by atoms with Gasteiger partial charge in [-0.2, -0.15) is 26.3 Å². The highest BCUT2D eigenvalue weighted by molar-refractivity contribution is 7.16. The molecule has 228 valence electrons. The van der Waals surface area contributed by atoms with Crippen molar-refractivity contribution in [3.05, 3.63) is 82.1 Å². The van der Waals surface area contributed by atoms with Crippen LogP contribution in [-0.4, -0.2) is 17.8 Å². The SMILES string of the molecule is CCCC[n+]1ccc(-c2cc(C3=C(c4cc(-c5cc[n+](CCCC)cc5)sc4C)C(F)(F)C(F)(F)C3(F)F)c(C)s2)cc1. The van der Waals surface area contributed by atoms with E-state index in [9.17, 15) is 0 Å². The lowest BCUT2D eigenvalue weighted by molar-refractivity contribution is -0.697. The molecule has 0 fully saturated rings. The van der Waals surface area contributed by atoms with Crippen molar-refractivity contribution in [3.63, 3.8) is 0 Å². The van der Waals surface area contributed by atoms with Gasteiger partial charge in [0.25, 0.3) is 0 Å². The minimum absolute atomic E-state index is 0.270. The third-order valence-electron chi connectivity index (χ3n) is 7.93. The first-order valence-electron chi connectivity index (χ1n) is 14.4. The molecule has 0 saturated carbocycles. The van der Waals surface area contributed by atoms with Gasteiger partial charge in [-0.05, 0) is 37.1 Å². The smallest absolute Gasteiger partial charge is 0.205 e. The third-order valence-corrected chi connectivity index (χ3v) is 10.1. The number of unbranched alkanes of at least 4 members (excludes halogenated alkanes) is 2. The minimum Gasteiger partial charge on any atom is -0.205 e. The topological polar surface area (TPSA) is 7.76 Å². The van der Waals surface area contributed by atoms with Gasteiger partial charge < -0.3 is 0 Å². The van der Waals surface area contributed by atoms with Crippen LogP contribution >= 0.6 is 22.7 Å². The lowest BCUT2D eigenvalue weighted by Crippen LogP contribution is -2.48. The summed E-state index contributed by atoms with van der Waals surface area (Å²) in [5.74, 6) is -15.8. The van der Waals surface area contributed by atoms with Crippen molar-refractivity contribution in [2.75, 3.05) is 0 Å². The van der Waals surface area contributed by atoms with E-state index in [0.717, 1.165) is 61.4 Å². The van der Waals surface area contributed by atoms with E-state index < -0.39 is 28.9 Å². The molecule has 0 N–H and O–H groups in total. The molecule has 2 nitrogen and oxygen atoms in total. The van der Waals surface area contributed by atoms with Crippen molar-refractivity contribution < 1.29 is 35.5 Å². The molecule has 0 aromatic carbocycles. The Bertz CT molecular complexity index is 1510.